The summed E-state index contributed by atoms with van der Waals surface area (Å²) in [6.45, 7) is 7.56. The first-order chi connectivity index (χ1) is 18.6. The number of hydrogen-bond donors (Lipinski definition) is 3. The molecule has 0 aromatic carbocycles. The second-order valence-electron chi connectivity index (χ2n) is 12.1. The number of aromatic nitrogens is 1. The topological polar surface area (TPSA) is 130 Å². The Morgan fingerprint density at radius 3 is 2.64 bits per heavy atom. The van der Waals surface area contributed by atoms with E-state index in [0.717, 1.165) is 56.6 Å². The highest BCUT2D eigenvalue weighted by Crippen LogP contribution is 2.34. The number of aliphatic carboxylic acids is 1. The zero-order valence-electron chi connectivity index (χ0n) is 23.5. The average Bonchev–Trinajstić information content (AvgIpc) is 2.87. The van der Waals surface area contributed by atoms with E-state index in [1.54, 1.807) is 4.90 Å². The molecule has 0 spiro atoms. The van der Waals surface area contributed by atoms with Crippen molar-refractivity contribution in [2.24, 2.45) is 11.8 Å². The molecule has 1 aromatic heterocycles. The van der Waals surface area contributed by atoms with Crippen molar-refractivity contribution in [1.82, 2.24) is 15.2 Å². The lowest BCUT2D eigenvalue weighted by Gasteiger charge is -2.35. The number of carboxylic acids is 1. The number of carbonyl (C=O) groups excluding carboxylic acids is 2. The van der Waals surface area contributed by atoms with Crippen LogP contribution in [0.2, 0.25) is 0 Å². The maximum Gasteiger partial charge on any atom is 0.410 e. The van der Waals surface area contributed by atoms with Crippen LogP contribution in [0.3, 0.4) is 0 Å². The van der Waals surface area contributed by atoms with E-state index < -0.39 is 17.6 Å². The molecule has 3 N–H and O–H groups in total. The molecule has 3 aliphatic rings. The Kier molecular flexibility index (Phi) is 9.69. The smallest absolute Gasteiger partial charge is 0.410 e. The van der Waals surface area contributed by atoms with Gasteiger partial charge in [-0.25, -0.2) is 14.6 Å². The van der Waals surface area contributed by atoms with Gasteiger partial charge in [-0.3, -0.25) is 4.79 Å². The summed E-state index contributed by atoms with van der Waals surface area (Å²) in [5, 5.41) is 15.7. The van der Waals surface area contributed by atoms with Crippen molar-refractivity contribution in [3.05, 3.63) is 23.4 Å². The number of anilines is 1. The van der Waals surface area contributed by atoms with Crippen LogP contribution in [-0.4, -0.2) is 76.9 Å². The minimum absolute atomic E-state index is 0.149. The molecule has 1 atom stereocenters. The van der Waals surface area contributed by atoms with Gasteiger partial charge in [-0.15, -0.1) is 0 Å². The molecule has 0 unspecified atom stereocenters. The van der Waals surface area contributed by atoms with Gasteiger partial charge in [0.15, 0.2) is 0 Å². The largest absolute Gasteiger partial charge is 0.480 e. The van der Waals surface area contributed by atoms with E-state index in [1.165, 1.54) is 5.56 Å². The van der Waals surface area contributed by atoms with Crippen molar-refractivity contribution < 1.29 is 29.0 Å². The van der Waals surface area contributed by atoms with Crippen LogP contribution in [0.5, 0.6) is 0 Å². The number of likely N-dealkylation sites (tertiary alicyclic amines) is 1. The highest BCUT2D eigenvalue weighted by Gasteiger charge is 2.33. The lowest BCUT2D eigenvalue weighted by Crippen LogP contribution is -2.48. The summed E-state index contributed by atoms with van der Waals surface area (Å²) in [5.41, 5.74) is 1.86. The summed E-state index contributed by atoms with van der Waals surface area (Å²) in [6.07, 6.45) is 7.19. The Hall–Kier alpha value is -2.88. The fourth-order valence-corrected chi connectivity index (χ4v) is 5.46. The molecule has 1 saturated carbocycles. The number of hydrogen-bond acceptors (Lipinski definition) is 7. The predicted molar refractivity (Wildman–Crippen MR) is 147 cm³/mol. The van der Waals surface area contributed by atoms with E-state index in [4.69, 9.17) is 14.5 Å². The van der Waals surface area contributed by atoms with Crippen LogP contribution in [0.4, 0.5) is 10.6 Å². The third-order valence-corrected chi connectivity index (χ3v) is 7.85. The highest BCUT2D eigenvalue weighted by molar-refractivity contribution is 5.85. The summed E-state index contributed by atoms with van der Waals surface area (Å²) in [7, 11) is 0. The lowest BCUT2D eigenvalue weighted by molar-refractivity contribution is -0.143. The van der Waals surface area contributed by atoms with Gasteiger partial charge in [0.1, 0.15) is 17.5 Å². The Bertz CT molecular complexity index is 1010. The lowest BCUT2D eigenvalue weighted by atomic mass is 9.79. The Balaban J connectivity index is 1.11. The molecule has 2 fully saturated rings. The minimum atomic E-state index is -1.06. The van der Waals surface area contributed by atoms with Crippen LogP contribution < -0.4 is 10.6 Å². The van der Waals surface area contributed by atoms with Gasteiger partial charge in [0.25, 0.3) is 0 Å². The summed E-state index contributed by atoms with van der Waals surface area (Å²) >= 11 is 0. The third kappa shape index (κ3) is 8.55. The number of fused-ring (bicyclic) bond motifs is 1. The standard InChI is InChI=1S/C29H44N4O6/c1-29(2,3)39-28(37)33-14-10-21(11-15-33)26(34)32-24(27(35)36)12-16-38-23-17-19(18-23)6-8-22-9-7-20-5-4-13-30-25(20)31-22/h7,9,19,21,23-24H,4-6,8,10-18H2,1-3H3,(H,30,31)(H,32,34)(H,35,36)/t19?,23?,24-/m0/s1. The van der Waals surface area contributed by atoms with E-state index in [9.17, 15) is 19.5 Å². The van der Waals surface area contributed by atoms with Gasteiger partial charge in [0.05, 0.1) is 6.10 Å². The zero-order chi connectivity index (χ0) is 28.0. The molecule has 1 aliphatic carbocycles. The van der Waals surface area contributed by atoms with Gasteiger partial charge < -0.3 is 30.1 Å². The number of pyridine rings is 1. The van der Waals surface area contributed by atoms with Crippen molar-refractivity contribution >= 4 is 23.8 Å². The number of carbonyl (C=O) groups is 3. The van der Waals surface area contributed by atoms with Gasteiger partial charge in [-0.1, -0.05) is 6.07 Å². The SMILES string of the molecule is CC(C)(C)OC(=O)N1CCC(C(=O)N[C@@H](CCOC2CC(CCc3ccc4c(n3)NCCC4)C2)C(=O)O)CC1. The number of piperidine rings is 1. The average molecular weight is 545 g/mol. The van der Waals surface area contributed by atoms with Crippen LogP contribution in [-0.2, 0) is 31.9 Å². The van der Waals surface area contributed by atoms with Crippen molar-refractivity contribution in [3.63, 3.8) is 0 Å². The molecule has 216 valence electrons. The van der Waals surface area contributed by atoms with E-state index in [-0.39, 0.29) is 30.4 Å². The molecule has 39 heavy (non-hydrogen) atoms. The number of ether oxygens (including phenoxy) is 2. The Labute approximate surface area is 231 Å². The van der Waals surface area contributed by atoms with Gasteiger partial charge in [-0.05, 0) is 89.7 Å². The molecular weight excluding hydrogens is 500 g/mol. The number of amides is 2. The number of rotatable bonds is 10. The van der Waals surface area contributed by atoms with E-state index in [0.29, 0.717) is 38.5 Å². The molecule has 10 heteroatoms. The van der Waals surface area contributed by atoms with Crippen molar-refractivity contribution in [2.45, 2.75) is 96.3 Å². The fourth-order valence-electron chi connectivity index (χ4n) is 5.46. The minimum Gasteiger partial charge on any atom is -0.480 e. The molecular formula is C29H44N4O6. The molecule has 1 aromatic rings. The van der Waals surface area contributed by atoms with Crippen LogP contribution in [0, 0.1) is 11.8 Å². The monoisotopic (exact) mass is 544 g/mol. The van der Waals surface area contributed by atoms with E-state index >= 15 is 0 Å². The number of aryl methyl sites for hydroxylation is 2. The van der Waals surface area contributed by atoms with Crippen LogP contribution in [0.15, 0.2) is 12.1 Å². The third-order valence-electron chi connectivity index (χ3n) is 7.85. The molecule has 3 heterocycles. The summed E-state index contributed by atoms with van der Waals surface area (Å²) < 4.78 is 11.3. The Morgan fingerprint density at radius 1 is 1.21 bits per heavy atom. The van der Waals surface area contributed by atoms with Crippen molar-refractivity contribution in [3.8, 4) is 0 Å². The number of nitrogens with one attached hydrogen (secondary N) is 2. The molecule has 10 nitrogen and oxygen atoms in total. The van der Waals surface area contributed by atoms with Gasteiger partial charge in [0, 0.05) is 44.3 Å². The zero-order valence-corrected chi connectivity index (χ0v) is 23.5. The normalized spacial score (nSPS) is 22.2. The summed E-state index contributed by atoms with van der Waals surface area (Å²) in [6, 6.07) is 3.35. The first kappa shape index (κ1) is 29.1. The van der Waals surface area contributed by atoms with Crippen LogP contribution in [0.1, 0.15) is 77.0 Å². The number of carboxylic acid groups (broad SMARTS) is 1. The molecule has 2 aliphatic heterocycles. The van der Waals surface area contributed by atoms with E-state index in [2.05, 4.69) is 22.8 Å². The highest BCUT2D eigenvalue weighted by atomic mass is 16.6. The quantitative estimate of drug-likeness (QED) is 0.406. The van der Waals surface area contributed by atoms with Gasteiger partial charge >= 0.3 is 12.1 Å². The maximum atomic E-state index is 12.7. The molecule has 2 amide bonds. The second kappa shape index (κ2) is 13.0. The predicted octanol–water partition coefficient (Wildman–Crippen LogP) is 3.77. The fraction of sp³-hybridized carbons (Fsp3) is 0.724. The Morgan fingerprint density at radius 2 is 1.95 bits per heavy atom. The summed E-state index contributed by atoms with van der Waals surface area (Å²) in [5.74, 6) is -0.0148. The molecule has 4 rings (SSSR count). The molecule has 0 bridgehead atoms. The van der Waals surface area contributed by atoms with Crippen LogP contribution >= 0.6 is 0 Å². The maximum absolute atomic E-state index is 12.7. The van der Waals surface area contributed by atoms with Crippen molar-refractivity contribution in [2.75, 3.05) is 31.6 Å². The van der Waals surface area contributed by atoms with Crippen molar-refractivity contribution in [1.29, 1.82) is 0 Å². The first-order valence-corrected chi connectivity index (χ1v) is 14.4. The van der Waals surface area contributed by atoms with Crippen LogP contribution in [0.25, 0.3) is 0 Å². The molecule has 0 radical (unpaired) electrons. The summed E-state index contributed by atoms with van der Waals surface area (Å²) in [4.78, 5) is 43.1. The second-order valence-corrected chi connectivity index (χ2v) is 12.1. The van der Waals surface area contributed by atoms with Gasteiger partial charge in [-0.2, -0.15) is 0 Å². The van der Waals surface area contributed by atoms with E-state index in [1.807, 2.05) is 20.8 Å². The molecule has 1 saturated heterocycles. The first-order valence-electron chi connectivity index (χ1n) is 14.4. The number of nitrogens with zero attached hydrogens (tertiary/aromatic N) is 2. The van der Waals surface area contributed by atoms with Gasteiger partial charge in [0.2, 0.25) is 5.91 Å².